The van der Waals surface area contributed by atoms with Crippen molar-refractivity contribution in [3.8, 4) is 0 Å². The fourth-order valence-corrected chi connectivity index (χ4v) is 5.09. The van der Waals surface area contributed by atoms with Crippen molar-refractivity contribution in [1.82, 2.24) is 5.32 Å². The van der Waals surface area contributed by atoms with Crippen molar-refractivity contribution in [1.29, 1.82) is 0 Å². The molecule has 0 radical (unpaired) electrons. The molecular weight excluding hydrogens is 469 g/mol. The van der Waals surface area contributed by atoms with E-state index in [0.717, 1.165) is 29.1 Å². The summed E-state index contributed by atoms with van der Waals surface area (Å²) in [5.41, 5.74) is 3.98. The summed E-state index contributed by atoms with van der Waals surface area (Å²) in [4.78, 5) is 28.7. The minimum absolute atomic E-state index is 0.0789. The highest BCUT2D eigenvalue weighted by molar-refractivity contribution is 6.42. The molecule has 2 aromatic rings. The summed E-state index contributed by atoms with van der Waals surface area (Å²) in [6.45, 7) is 9.03. The van der Waals surface area contributed by atoms with Crippen LogP contribution in [-0.2, 0) is 9.59 Å². The van der Waals surface area contributed by atoms with E-state index >= 15 is 0 Å². The molecule has 2 aromatic carbocycles. The van der Waals surface area contributed by atoms with E-state index in [2.05, 4.69) is 38.3 Å². The Kier molecular flexibility index (Phi) is 6.97. The molecule has 180 valence electrons. The van der Waals surface area contributed by atoms with Crippen LogP contribution in [0.4, 0.5) is 11.4 Å². The SMILES string of the molecule is CC(C)CNC(=O)CN1c2ccccc2NC2=C(C(=O)CC(C)(C)C2)C1c1ccc(Cl)c(Cl)c1. The van der Waals surface area contributed by atoms with Crippen LogP contribution in [0.3, 0.4) is 0 Å². The number of ketones is 1. The molecule has 0 spiro atoms. The monoisotopic (exact) mass is 499 g/mol. The Morgan fingerprint density at radius 2 is 1.88 bits per heavy atom. The Bertz CT molecular complexity index is 1160. The Balaban J connectivity index is 1.90. The molecule has 2 aliphatic rings. The summed E-state index contributed by atoms with van der Waals surface area (Å²) >= 11 is 12.6. The lowest BCUT2D eigenvalue weighted by molar-refractivity contribution is -0.120. The van der Waals surface area contributed by atoms with E-state index in [0.29, 0.717) is 34.5 Å². The summed E-state index contributed by atoms with van der Waals surface area (Å²) in [7, 11) is 0. The molecule has 4 rings (SSSR count). The molecule has 1 amide bonds. The van der Waals surface area contributed by atoms with E-state index in [4.69, 9.17) is 23.2 Å². The molecule has 1 unspecified atom stereocenters. The molecule has 2 N–H and O–H groups in total. The van der Waals surface area contributed by atoms with Crippen molar-refractivity contribution in [2.24, 2.45) is 11.3 Å². The minimum Gasteiger partial charge on any atom is -0.357 e. The topological polar surface area (TPSA) is 61.4 Å². The second-order valence-corrected chi connectivity index (χ2v) is 11.2. The Labute approximate surface area is 211 Å². The van der Waals surface area contributed by atoms with E-state index in [1.54, 1.807) is 12.1 Å². The third kappa shape index (κ3) is 5.11. The zero-order valence-corrected chi connectivity index (χ0v) is 21.6. The lowest BCUT2D eigenvalue weighted by atomic mass is 9.73. The molecule has 1 aliphatic heterocycles. The second kappa shape index (κ2) is 9.63. The number of carbonyl (C=O) groups is 2. The number of halogens is 2. The first-order valence-corrected chi connectivity index (χ1v) is 12.4. The lowest BCUT2D eigenvalue weighted by Crippen LogP contribution is -2.42. The highest BCUT2D eigenvalue weighted by atomic mass is 35.5. The zero-order valence-electron chi connectivity index (χ0n) is 20.0. The number of hydrogen-bond donors (Lipinski definition) is 2. The fourth-order valence-electron chi connectivity index (χ4n) is 4.78. The molecule has 0 fully saturated rings. The number of fused-ring (bicyclic) bond motifs is 1. The van der Waals surface area contributed by atoms with Crippen LogP contribution < -0.4 is 15.5 Å². The molecule has 0 saturated heterocycles. The van der Waals surface area contributed by atoms with Gasteiger partial charge in [-0.15, -0.1) is 0 Å². The molecule has 7 heteroatoms. The second-order valence-electron chi connectivity index (χ2n) is 10.4. The molecule has 1 heterocycles. The molecule has 0 aromatic heterocycles. The maximum atomic E-state index is 13.6. The van der Waals surface area contributed by atoms with Gasteiger partial charge in [0.2, 0.25) is 5.91 Å². The third-order valence-electron chi connectivity index (χ3n) is 6.28. The number of carbonyl (C=O) groups excluding carboxylic acids is 2. The van der Waals surface area contributed by atoms with Crippen molar-refractivity contribution >= 4 is 46.3 Å². The van der Waals surface area contributed by atoms with Gasteiger partial charge in [-0.1, -0.05) is 69.1 Å². The summed E-state index contributed by atoms with van der Waals surface area (Å²) in [5.74, 6) is 0.320. The number of Topliss-reactive ketones (excluding diaryl/α,β-unsaturated/α-hetero) is 1. The highest BCUT2D eigenvalue weighted by Crippen LogP contribution is 2.48. The molecule has 5 nitrogen and oxygen atoms in total. The van der Waals surface area contributed by atoms with Crippen LogP contribution in [0.1, 0.15) is 52.1 Å². The number of rotatable bonds is 5. The average molecular weight is 500 g/mol. The van der Waals surface area contributed by atoms with Crippen LogP contribution in [-0.4, -0.2) is 24.8 Å². The molecule has 34 heavy (non-hydrogen) atoms. The number of hydrogen-bond acceptors (Lipinski definition) is 4. The van der Waals surface area contributed by atoms with E-state index < -0.39 is 6.04 Å². The fraction of sp³-hybridized carbons (Fsp3) is 0.407. The largest absolute Gasteiger partial charge is 0.357 e. The van der Waals surface area contributed by atoms with E-state index in [1.165, 1.54) is 0 Å². The standard InChI is InChI=1S/C27H31Cl2N3O2/c1-16(2)14-30-24(34)15-32-22-8-6-5-7-20(22)31-21-12-27(3,4)13-23(33)25(21)26(32)17-9-10-18(28)19(29)11-17/h5-11,16,26,31H,12-15H2,1-4H3,(H,30,34). The summed E-state index contributed by atoms with van der Waals surface area (Å²) < 4.78 is 0. The van der Waals surface area contributed by atoms with E-state index in [-0.39, 0.29) is 23.7 Å². The van der Waals surface area contributed by atoms with Gasteiger partial charge in [0.05, 0.1) is 34.0 Å². The number of amides is 1. The summed E-state index contributed by atoms with van der Waals surface area (Å²) in [6, 6.07) is 12.8. The maximum Gasteiger partial charge on any atom is 0.239 e. The van der Waals surface area contributed by atoms with Crippen LogP contribution in [0.25, 0.3) is 0 Å². The highest BCUT2D eigenvalue weighted by Gasteiger charge is 2.42. The van der Waals surface area contributed by atoms with Gasteiger partial charge in [0.25, 0.3) is 0 Å². The normalized spacial score (nSPS) is 19.3. The van der Waals surface area contributed by atoms with Gasteiger partial charge in [-0.3, -0.25) is 9.59 Å². The van der Waals surface area contributed by atoms with E-state index in [1.807, 2.05) is 35.2 Å². The van der Waals surface area contributed by atoms with Crippen LogP contribution >= 0.6 is 23.2 Å². The van der Waals surface area contributed by atoms with Gasteiger partial charge in [0.1, 0.15) is 0 Å². The van der Waals surface area contributed by atoms with Crippen molar-refractivity contribution < 1.29 is 9.59 Å². The Hall–Kier alpha value is -2.50. The third-order valence-corrected chi connectivity index (χ3v) is 7.02. The first kappa shape index (κ1) is 24.6. The number of benzene rings is 2. The molecule has 0 saturated carbocycles. The van der Waals surface area contributed by atoms with Gasteiger partial charge in [0, 0.05) is 24.2 Å². The predicted molar refractivity (Wildman–Crippen MR) is 140 cm³/mol. The first-order valence-electron chi connectivity index (χ1n) is 11.7. The zero-order chi connectivity index (χ0) is 24.6. The molecular formula is C27H31Cl2N3O2. The minimum atomic E-state index is -0.477. The number of para-hydroxylation sites is 2. The van der Waals surface area contributed by atoms with Gasteiger partial charge < -0.3 is 15.5 Å². The number of nitrogens with zero attached hydrogens (tertiary/aromatic N) is 1. The van der Waals surface area contributed by atoms with Crippen LogP contribution in [0, 0.1) is 11.3 Å². The van der Waals surface area contributed by atoms with Gasteiger partial charge in [-0.2, -0.15) is 0 Å². The van der Waals surface area contributed by atoms with Crippen LogP contribution in [0.5, 0.6) is 0 Å². The number of nitrogens with one attached hydrogen (secondary N) is 2. The summed E-state index contributed by atoms with van der Waals surface area (Å²) in [6.07, 6.45) is 1.17. The Morgan fingerprint density at radius 3 is 2.59 bits per heavy atom. The van der Waals surface area contributed by atoms with Crippen molar-refractivity contribution in [2.45, 2.75) is 46.6 Å². The van der Waals surface area contributed by atoms with Crippen molar-refractivity contribution in [3.05, 3.63) is 69.3 Å². The lowest BCUT2D eigenvalue weighted by Gasteiger charge is -2.38. The van der Waals surface area contributed by atoms with Gasteiger partial charge in [-0.05, 0) is 47.6 Å². The van der Waals surface area contributed by atoms with Crippen LogP contribution in [0.2, 0.25) is 10.0 Å². The average Bonchev–Trinajstić information content (AvgIpc) is 2.88. The van der Waals surface area contributed by atoms with E-state index in [9.17, 15) is 9.59 Å². The quantitative estimate of drug-likeness (QED) is 0.500. The molecule has 0 bridgehead atoms. The predicted octanol–water partition coefficient (Wildman–Crippen LogP) is 6.38. The van der Waals surface area contributed by atoms with Gasteiger partial charge in [0.15, 0.2) is 5.78 Å². The number of allylic oxidation sites excluding steroid dienone is 1. The Morgan fingerprint density at radius 1 is 1.15 bits per heavy atom. The maximum absolute atomic E-state index is 13.6. The van der Waals surface area contributed by atoms with Gasteiger partial charge in [-0.25, -0.2) is 0 Å². The molecule has 1 aliphatic carbocycles. The van der Waals surface area contributed by atoms with Gasteiger partial charge >= 0.3 is 0 Å². The number of anilines is 2. The smallest absolute Gasteiger partial charge is 0.239 e. The molecule has 1 atom stereocenters. The van der Waals surface area contributed by atoms with Crippen molar-refractivity contribution in [3.63, 3.8) is 0 Å². The van der Waals surface area contributed by atoms with Crippen LogP contribution in [0.15, 0.2) is 53.7 Å². The van der Waals surface area contributed by atoms with Crippen molar-refractivity contribution in [2.75, 3.05) is 23.3 Å². The summed E-state index contributed by atoms with van der Waals surface area (Å²) in [5, 5.41) is 7.44. The first-order chi connectivity index (χ1) is 16.1.